The van der Waals surface area contributed by atoms with Crippen molar-refractivity contribution >= 4 is 27.5 Å². The van der Waals surface area contributed by atoms with Crippen LogP contribution in [0.3, 0.4) is 0 Å². The van der Waals surface area contributed by atoms with E-state index in [2.05, 4.69) is 10.6 Å². The molecule has 0 aromatic carbocycles. The summed E-state index contributed by atoms with van der Waals surface area (Å²) in [6.45, 7) is 0.0980. The lowest BCUT2D eigenvalue weighted by Crippen LogP contribution is -2.64. The highest BCUT2D eigenvalue weighted by atomic mass is 35.5. The van der Waals surface area contributed by atoms with E-state index in [4.69, 9.17) is 21.1 Å². The number of methoxy groups -OCH3 is 1. The second-order valence-electron chi connectivity index (χ2n) is 10.0. The van der Waals surface area contributed by atoms with E-state index >= 15 is 0 Å². The summed E-state index contributed by atoms with van der Waals surface area (Å²) in [7, 11) is -2.10. The van der Waals surface area contributed by atoms with E-state index in [-0.39, 0.29) is 38.1 Å². The number of ether oxygens (including phenoxy) is 2. The smallest absolute Gasteiger partial charge is 0.227 e. The molecule has 0 bridgehead atoms. The van der Waals surface area contributed by atoms with Gasteiger partial charge in [-0.25, -0.2) is 12.8 Å². The molecule has 0 radical (unpaired) electrons. The Kier molecular flexibility index (Phi) is 8.75. The van der Waals surface area contributed by atoms with Crippen LogP contribution in [0.2, 0.25) is 0 Å². The molecule has 9 nitrogen and oxygen atoms in total. The fourth-order valence-electron chi connectivity index (χ4n) is 5.90. The Balaban J connectivity index is 1.46. The van der Waals surface area contributed by atoms with Gasteiger partial charge in [-0.05, 0) is 51.4 Å². The summed E-state index contributed by atoms with van der Waals surface area (Å²) in [4.78, 5) is 12.9. The molecule has 2 aliphatic heterocycles. The monoisotopic (exact) mass is 525 g/mol. The van der Waals surface area contributed by atoms with Gasteiger partial charge in [0, 0.05) is 31.6 Å². The maximum absolute atomic E-state index is 14.4. The van der Waals surface area contributed by atoms with Gasteiger partial charge in [-0.2, -0.15) is 4.31 Å². The molecule has 2 aliphatic carbocycles. The fourth-order valence-corrected chi connectivity index (χ4v) is 8.43. The van der Waals surface area contributed by atoms with Gasteiger partial charge in [-0.15, -0.1) is 11.6 Å². The van der Waals surface area contributed by atoms with Crippen molar-refractivity contribution in [3.05, 3.63) is 0 Å². The van der Waals surface area contributed by atoms with E-state index in [1.54, 1.807) is 7.11 Å². The number of morpholine rings is 1. The first-order valence-electron chi connectivity index (χ1n) is 12.4. The summed E-state index contributed by atoms with van der Waals surface area (Å²) in [5.74, 6) is -1.27. The Morgan fingerprint density at radius 3 is 2.71 bits per heavy atom. The zero-order chi connectivity index (χ0) is 24.5. The number of nitrogens with one attached hydrogen (secondary N) is 2. The number of halogens is 2. The molecule has 2 saturated heterocycles. The number of amides is 1. The maximum atomic E-state index is 14.4. The largest absolute Gasteiger partial charge is 0.394 e. The third kappa shape index (κ3) is 5.55. The third-order valence-corrected chi connectivity index (χ3v) is 10.6. The van der Waals surface area contributed by atoms with Gasteiger partial charge in [0.05, 0.1) is 36.0 Å². The average Bonchev–Trinajstić information content (AvgIpc) is 2.83. The van der Waals surface area contributed by atoms with E-state index in [0.29, 0.717) is 51.4 Å². The number of hydrogen-bond acceptors (Lipinski definition) is 7. The van der Waals surface area contributed by atoms with Gasteiger partial charge in [0.2, 0.25) is 15.9 Å². The Morgan fingerprint density at radius 2 is 2.06 bits per heavy atom. The van der Waals surface area contributed by atoms with Gasteiger partial charge in [0.15, 0.2) is 0 Å². The van der Waals surface area contributed by atoms with Crippen molar-refractivity contribution in [2.24, 2.45) is 5.92 Å². The lowest BCUT2D eigenvalue weighted by atomic mass is 9.84. The molecular weight excluding hydrogens is 489 g/mol. The molecule has 196 valence electrons. The van der Waals surface area contributed by atoms with Crippen LogP contribution in [0.15, 0.2) is 0 Å². The molecule has 3 N–H and O–H groups in total. The van der Waals surface area contributed by atoms with Gasteiger partial charge in [-0.1, -0.05) is 0 Å². The van der Waals surface area contributed by atoms with Gasteiger partial charge >= 0.3 is 0 Å². The number of aliphatic hydroxyl groups is 1. The predicted molar refractivity (Wildman–Crippen MR) is 125 cm³/mol. The van der Waals surface area contributed by atoms with Crippen LogP contribution in [0, 0.1) is 5.92 Å². The lowest BCUT2D eigenvalue weighted by molar-refractivity contribution is -0.135. The quantitative estimate of drug-likeness (QED) is 0.441. The number of aliphatic hydroxyl groups excluding tert-OH is 1. The maximum Gasteiger partial charge on any atom is 0.227 e. The summed E-state index contributed by atoms with van der Waals surface area (Å²) in [5, 5.41) is 14.7. The predicted octanol–water partition coefficient (Wildman–Crippen LogP) is 0.885. The normalized spacial score (nSPS) is 42.1. The van der Waals surface area contributed by atoms with E-state index < -0.39 is 50.8 Å². The molecule has 12 heteroatoms. The van der Waals surface area contributed by atoms with Gasteiger partial charge in [0.25, 0.3) is 0 Å². The van der Waals surface area contributed by atoms with Crippen molar-refractivity contribution in [3.8, 4) is 0 Å². The molecule has 4 rings (SSSR count). The van der Waals surface area contributed by atoms with Crippen molar-refractivity contribution in [3.63, 3.8) is 0 Å². The van der Waals surface area contributed by atoms with Crippen LogP contribution < -0.4 is 10.6 Å². The minimum absolute atomic E-state index is 0.0732. The number of fused-ring (bicyclic) bond motifs is 1. The molecular formula is C22H37ClFN3O6S. The Morgan fingerprint density at radius 1 is 1.26 bits per heavy atom. The van der Waals surface area contributed by atoms with Crippen LogP contribution >= 0.6 is 11.6 Å². The summed E-state index contributed by atoms with van der Waals surface area (Å²) in [6, 6.07) is -0.743. The average molecular weight is 526 g/mol. The summed E-state index contributed by atoms with van der Waals surface area (Å²) in [6.07, 6.45) is 1.82. The van der Waals surface area contributed by atoms with Crippen LogP contribution in [-0.4, -0.2) is 97.9 Å². The van der Waals surface area contributed by atoms with Gasteiger partial charge < -0.3 is 19.9 Å². The van der Waals surface area contributed by atoms with Crippen molar-refractivity contribution in [1.29, 1.82) is 0 Å². The molecule has 1 amide bonds. The lowest BCUT2D eigenvalue weighted by Gasteiger charge is -2.49. The van der Waals surface area contributed by atoms with E-state index in [1.807, 2.05) is 0 Å². The number of carbonyl (C=O) groups is 1. The number of rotatable bonds is 6. The van der Waals surface area contributed by atoms with Crippen molar-refractivity contribution < 1.29 is 32.2 Å². The fraction of sp³-hybridized carbons (Fsp3) is 0.955. The molecule has 4 aliphatic rings. The number of carbonyl (C=O) groups excluding carboxylic acids is 1. The molecule has 4 fully saturated rings. The van der Waals surface area contributed by atoms with Crippen LogP contribution in [-0.2, 0) is 24.3 Å². The van der Waals surface area contributed by atoms with E-state index in [0.717, 1.165) is 0 Å². The third-order valence-electron chi connectivity index (χ3n) is 7.82. The van der Waals surface area contributed by atoms with Gasteiger partial charge in [0.1, 0.15) is 12.4 Å². The minimum Gasteiger partial charge on any atom is -0.394 e. The minimum atomic E-state index is -3.69. The summed E-state index contributed by atoms with van der Waals surface area (Å²) < 4.78 is 54.6. The zero-order valence-electron chi connectivity index (χ0n) is 19.6. The Bertz CT molecular complexity index is 804. The number of nitrogens with zero attached hydrogens (tertiary/aromatic N) is 1. The highest BCUT2D eigenvalue weighted by Crippen LogP contribution is 2.36. The standard InChI is InChI=1S/C22H37ClFN3O6S/c1-32-20-8-6-15(10-25-20)34(30,31)27-11-14(12-28)33-19-7-5-13(9-18(19)27)26-22(29)21-16(23)3-2-4-17(21)24/h13-21,25,28H,2-12H2,1H3,(H,26,29)/t13?,14-,15?,16?,17?,18?,19?,20?,21?/m1/s1. The summed E-state index contributed by atoms with van der Waals surface area (Å²) >= 11 is 6.28. The molecule has 34 heavy (non-hydrogen) atoms. The summed E-state index contributed by atoms with van der Waals surface area (Å²) in [5.41, 5.74) is 0. The SMILES string of the molecule is COC1CCC(S(=O)(=O)N2C[C@H](CO)OC3CCC(NC(=O)C4C(F)CCCC4Cl)CC32)CN1. The first-order valence-corrected chi connectivity index (χ1v) is 14.3. The molecule has 2 saturated carbocycles. The molecule has 8 unspecified atom stereocenters. The number of hydrogen-bond donors (Lipinski definition) is 3. The molecule has 2 heterocycles. The molecule has 0 spiro atoms. The van der Waals surface area contributed by atoms with Crippen LogP contribution in [0.1, 0.15) is 51.4 Å². The number of sulfonamides is 1. The highest BCUT2D eigenvalue weighted by molar-refractivity contribution is 7.89. The molecule has 9 atom stereocenters. The van der Waals surface area contributed by atoms with Crippen LogP contribution in [0.4, 0.5) is 4.39 Å². The Hall–Kier alpha value is -0.560. The van der Waals surface area contributed by atoms with Gasteiger partial charge in [-0.3, -0.25) is 10.1 Å². The van der Waals surface area contributed by atoms with Crippen molar-refractivity contribution in [1.82, 2.24) is 14.9 Å². The van der Waals surface area contributed by atoms with Crippen molar-refractivity contribution in [2.75, 3.05) is 26.8 Å². The van der Waals surface area contributed by atoms with Crippen LogP contribution in [0.25, 0.3) is 0 Å². The highest BCUT2D eigenvalue weighted by Gasteiger charge is 2.49. The zero-order valence-corrected chi connectivity index (χ0v) is 21.1. The first-order chi connectivity index (χ1) is 16.2. The molecule has 0 aromatic rings. The molecule has 0 aromatic heterocycles. The number of piperidine rings is 1. The number of alkyl halides is 2. The second kappa shape index (κ2) is 11.2. The van der Waals surface area contributed by atoms with Crippen molar-refractivity contribution in [2.45, 2.75) is 98.7 Å². The van der Waals surface area contributed by atoms with E-state index in [1.165, 1.54) is 4.31 Å². The first kappa shape index (κ1) is 26.5. The Labute approximate surface area is 206 Å². The topological polar surface area (TPSA) is 117 Å². The van der Waals surface area contributed by atoms with E-state index in [9.17, 15) is 22.7 Å². The second-order valence-corrected chi connectivity index (χ2v) is 12.7. The van der Waals surface area contributed by atoms with Crippen LogP contribution in [0.5, 0.6) is 0 Å².